The van der Waals surface area contributed by atoms with Crippen LogP contribution in [-0.4, -0.2) is 24.5 Å². The van der Waals surface area contributed by atoms with Gasteiger partial charge in [-0.15, -0.1) is 0 Å². The van der Waals surface area contributed by atoms with Gasteiger partial charge in [0.25, 0.3) is 0 Å². The maximum atomic E-state index is 13.3. The number of amides is 2. The summed E-state index contributed by atoms with van der Waals surface area (Å²) in [6, 6.07) is 11.1. The molecule has 0 aromatic heterocycles. The quantitative estimate of drug-likeness (QED) is 0.829. The fourth-order valence-corrected chi connectivity index (χ4v) is 3.09. The van der Waals surface area contributed by atoms with Crippen LogP contribution in [0.3, 0.4) is 0 Å². The molecule has 2 aromatic rings. The molecular weight excluding hydrogens is 371 g/mol. The molecule has 2 aromatic carbocycles. The highest BCUT2D eigenvalue weighted by atomic mass is 35.5. The number of carbonyl (C=O) groups is 2. The summed E-state index contributed by atoms with van der Waals surface area (Å²) in [4.78, 5) is 26.2. The Labute approximate surface area is 162 Å². The largest absolute Gasteiger partial charge is 0.491 e. The van der Waals surface area contributed by atoms with E-state index in [0.29, 0.717) is 11.4 Å². The van der Waals surface area contributed by atoms with E-state index in [1.165, 1.54) is 23.1 Å². The lowest BCUT2D eigenvalue weighted by Gasteiger charge is -2.17. The molecule has 0 saturated carbocycles. The van der Waals surface area contributed by atoms with Crippen LogP contribution < -0.4 is 15.0 Å². The van der Waals surface area contributed by atoms with E-state index in [1.54, 1.807) is 24.3 Å². The molecule has 1 aliphatic heterocycles. The van der Waals surface area contributed by atoms with Crippen molar-refractivity contribution in [2.75, 3.05) is 16.8 Å². The molecule has 3 rings (SSSR count). The van der Waals surface area contributed by atoms with Crippen LogP contribution in [-0.2, 0) is 9.59 Å². The Balaban J connectivity index is 1.64. The Kier molecular flexibility index (Phi) is 5.65. The maximum Gasteiger partial charge on any atom is 0.229 e. The van der Waals surface area contributed by atoms with Gasteiger partial charge >= 0.3 is 0 Å². The first-order chi connectivity index (χ1) is 12.8. The lowest BCUT2D eigenvalue weighted by Crippen LogP contribution is -2.28. The van der Waals surface area contributed by atoms with E-state index in [4.69, 9.17) is 16.3 Å². The molecule has 1 N–H and O–H groups in total. The highest BCUT2D eigenvalue weighted by molar-refractivity contribution is 6.31. The Morgan fingerprint density at radius 2 is 1.96 bits per heavy atom. The van der Waals surface area contributed by atoms with Crippen LogP contribution in [0, 0.1) is 11.7 Å². The Hall–Kier alpha value is -2.60. The summed E-state index contributed by atoms with van der Waals surface area (Å²) in [5.41, 5.74) is 1.11. The smallest absolute Gasteiger partial charge is 0.229 e. The zero-order valence-electron chi connectivity index (χ0n) is 15.0. The van der Waals surface area contributed by atoms with Crippen molar-refractivity contribution in [1.29, 1.82) is 0 Å². The van der Waals surface area contributed by atoms with Crippen LogP contribution in [0.15, 0.2) is 42.5 Å². The molecule has 1 unspecified atom stereocenters. The third-order valence-electron chi connectivity index (χ3n) is 4.20. The van der Waals surface area contributed by atoms with E-state index in [9.17, 15) is 14.0 Å². The number of carbonyl (C=O) groups excluding carboxylic acids is 2. The molecule has 1 aliphatic rings. The van der Waals surface area contributed by atoms with Crippen molar-refractivity contribution < 1.29 is 18.7 Å². The van der Waals surface area contributed by atoms with Crippen molar-refractivity contribution in [1.82, 2.24) is 0 Å². The van der Waals surface area contributed by atoms with Crippen molar-refractivity contribution >= 4 is 34.8 Å². The van der Waals surface area contributed by atoms with Gasteiger partial charge in [0, 0.05) is 24.3 Å². The van der Waals surface area contributed by atoms with Crippen LogP contribution >= 0.6 is 11.6 Å². The summed E-state index contributed by atoms with van der Waals surface area (Å²) >= 11 is 5.79. The number of nitrogens with one attached hydrogen (secondary N) is 1. The number of halogens is 2. The SMILES string of the molecule is CC(C)Oc1ccc(NC(=O)C2CC(=O)N(c3ccc(F)c(Cl)c3)C2)cc1. The number of anilines is 2. The zero-order chi connectivity index (χ0) is 19.6. The van der Waals surface area contributed by atoms with E-state index >= 15 is 0 Å². The van der Waals surface area contributed by atoms with Crippen LogP contribution in [0.5, 0.6) is 5.75 Å². The summed E-state index contributed by atoms with van der Waals surface area (Å²) in [5.74, 6) is -0.757. The average molecular weight is 391 g/mol. The molecule has 2 amide bonds. The first-order valence-corrected chi connectivity index (χ1v) is 9.04. The molecule has 142 valence electrons. The van der Waals surface area contributed by atoms with E-state index in [2.05, 4.69) is 5.32 Å². The number of hydrogen-bond donors (Lipinski definition) is 1. The summed E-state index contributed by atoms with van der Waals surface area (Å²) in [5, 5.41) is 2.76. The third kappa shape index (κ3) is 4.57. The average Bonchev–Trinajstić information content (AvgIpc) is 3.00. The van der Waals surface area contributed by atoms with E-state index in [1.807, 2.05) is 13.8 Å². The standard InChI is InChI=1S/C20H20ClFN2O3/c1-12(2)27-16-6-3-14(4-7-16)23-20(26)13-9-19(25)24(11-13)15-5-8-18(22)17(21)10-15/h3-8,10,12-13H,9,11H2,1-2H3,(H,23,26). The van der Waals surface area contributed by atoms with E-state index in [-0.39, 0.29) is 35.9 Å². The summed E-state index contributed by atoms with van der Waals surface area (Å²) < 4.78 is 18.9. The fraction of sp³-hybridized carbons (Fsp3) is 0.300. The maximum absolute atomic E-state index is 13.3. The van der Waals surface area contributed by atoms with Crippen molar-refractivity contribution in [2.45, 2.75) is 26.4 Å². The molecular formula is C20H20ClFN2O3. The van der Waals surface area contributed by atoms with Gasteiger partial charge in [0.15, 0.2) is 0 Å². The van der Waals surface area contributed by atoms with Gasteiger partial charge in [0.05, 0.1) is 17.0 Å². The highest BCUT2D eigenvalue weighted by Crippen LogP contribution is 2.29. The lowest BCUT2D eigenvalue weighted by molar-refractivity contribution is -0.122. The van der Waals surface area contributed by atoms with Crippen LogP contribution in [0.2, 0.25) is 5.02 Å². The number of nitrogens with zero attached hydrogens (tertiary/aromatic N) is 1. The summed E-state index contributed by atoms with van der Waals surface area (Å²) in [6.45, 7) is 4.10. The van der Waals surface area contributed by atoms with Crippen molar-refractivity contribution in [3.8, 4) is 5.75 Å². The molecule has 27 heavy (non-hydrogen) atoms. The van der Waals surface area contributed by atoms with Gasteiger partial charge in [0.1, 0.15) is 11.6 Å². The van der Waals surface area contributed by atoms with Gasteiger partial charge in [-0.3, -0.25) is 9.59 Å². The second kappa shape index (κ2) is 7.96. The van der Waals surface area contributed by atoms with Gasteiger partial charge in [-0.25, -0.2) is 4.39 Å². The first-order valence-electron chi connectivity index (χ1n) is 8.66. The Bertz CT molecular complexity index is 855. The minimum Gasteiger partial charge on any atom is -0.491 e. The summed E-state index contributed by atoms with van der Waals surface area (Å²) in [7, 11) is 0. The van der Waals surface area contributed by atoms with Gasteiger partial charge in [-0.1, -0.05) is 11.6 Å². The van der Waals surface area contributed by atoms with Gasteiger partial charge in [0.2, 0.25) is 11.8 Å². The molecule has 1 atom stereocenters. The van der Waals surface area contributed by atoms with E-state index in [0.717, 1.165) is 5.75 Å². The molecule has 7 heteroatoms. The molecule has 1 fully saturated rings. The Morgan fingerprint density at radius 1 is 1.26 bits per heavy atom. The molecule has 1 heterocycles. The van der Waals surface area contributed by atoms with Crippen molar-refractivity contribution in [2.24, 2.45) is 5.92 Å². The first kappa shape index (κ1) is 19.2. The zero-order valence-corrected chi connectivity index (χ0v) is 15.8. The minimum atomic E-state index is -0.550. The van der Waals surface area contributed by atoms with Crippen molar-refractivity contribution in [3.05, 3.63) is 53.3 Å². The normalized spacial score (nSPS) is 16.7. The number of rotatable bonds is 5. The van der Waals surface area contributed by atoms with Crippen LogP contribution in [0.4, 0.5) is 15.8 Å². The number of benzene rings is 2. The lowest BCUT2D eigenvalue weighted by atomic mass is 10.1. The predicted octanol–water partition coefficient (Wildman–Crippen LogP) is 4.26. The molecule has 0 bridgehead atoms. The van der Waals surface area contributed by atoms with Crippen LogP contribution in [0.1, 0.15) is 20.3 Å². The van der Waals surface area contributed by atoms with Gasteiger partial charge in [-0.2, -0.15) is 0 Å². The molecule has 5 nitrogen and oxygen atoms in total. The molecule has 0 radical (unpaired) electrons. The molecule has 0 aliphatic carbocycles. The second-order valence-electron chi connectivity index (χ2n) is 6.68. The van der Waals surface area contributed by atoms with Crippen molar-refractivity contribution in [3.63, 3.8) is 0 Å². The monoisotopic (exact) mass is 390 g/mol. The predicted molar refractivity (Wildman–Crippen MR) is 103 cm³/mol. The fourth-order valence-electron chi connectivity index (χ4n) is 2.92. The Morgan fingerprint density at radius 3 is 2.59 bits per heavy atom. The van der Waals surface area contributed by atoms with Crippen LogP contribution in [0.25, 0.3) is 0 Å². The van der Waals surface area contributed by atoms with Gasteiger partial charge < -0.3 is 15.0 Å². The second-order valence-corrected chi connectivity index (χ2v) is 7.09. The minimum absolute atomic E-state index is 0.0584. The van der Waals surface area contributed by atoms with E-state index < -0.39 is 11.7 Å². The third-order valence-corrected chi connectivity index (χ3v) is 4.49. The highest BCUT2D eigenvalue weighted by Gasteiger charge is 2.35. The number of ether oxygens (including phenoxy) is 1. The van der Waals surface area contributed by atoms with Gasteiger partial charge in [-0.05, 0) is 56.3 Å². The molecule has 1 saturated heterocycles. The summed E-state index contributed by atoms with van der Waals surface area (Å²) in [6.07, 6.45) is 0.163. The molecule has 0 spiro atoms. The topological polar surface area (TPSA) is 58.6 Å². The number of hydrogen-bond acceptors (Lipinski definition) is 3.